The molecule has 192 valence electrons. The van der Waals surface area contributed by atoms with Crippen molar-refractivity contribution in [1.82, 2.24) is 4.98 Å². The van der Waals surface area contributed by atoms with E-state index in [-0.39, 0.29) is 11.7 Å². The fourth-order valence-electron chi connectivity index (χ4n) is 5.36. The molecule has 0 aliphatic carbocycles. The van der Waals surface area contributed by atoms with Crippen molar-refractivity contribution in [3.05, 3.63) is 70.7 Å². The molecular formula is C31H32FNO4. The Morgan fingerprint density at radius 1 is 1.16 bits per heavy atom. The number of carboxylic acids is 1. The normalized spacial score (nSPS) is 14.3. The van der Waals surface area contributed by atoms with E-state index >= 15 is 4.39 Å². The number of carboxylic acid groups (broad SMARTS) is 1. The van der Waals surface area contributed by atoms with E-state index in [9.17, 15) is 9.90 Å². The predicted molar refractivity (Wildman–Crippen MR) is 144 cm³/mol. The fraction of sp³-hybridized carbons (Fsp3) is 0.355. The van der Waals surface area contributed by atoms with Gasteiger partial charge in [0.05, 0.1) is 17.7 Å². The monoisotopic (exact) mass is 501 g/mol. The Bertz CT molecular complexity index is 1540. The van der Waals surface area contributed by atoms with E-state index < -0.39 is 17.7 Å². The van der Waals surface area contributed by atoms with Gasteiger partial charge in [-0.2, -0.15) is 0 Å². The molecule has 1 atom stereocenters. The average Bonchev–Trinajstić information content (AvgIpc) is 2.82. The first-order valence-corrected chi connectivity index (χ1v) is 12.7. The molecular weight excluding hydrogens is 469 g/mol. The van der Waals surface area contributed by atoms with Crippen LogP contribution in [0.3, 0.4) is 0 Å². The van der Waals surface area contributed by atoms with Crippen molar-refractivity contribution in [1.29, 1.82) is 0 Å². The molecule has 0 fully saturated rings. The number of rotatable bonds is 5. The third kappa shape index (κ3) is 4.44. The van der Waals surface area contributed by atoms with E-state index in [2.05, 4.69) is 0 Å². The SMILES string of the molecule is Cc1cc2cc(C(C)C)c(F)cc2c(-c2ccc3c4c(ccnc24)CCO3)c1C(OC(C)(C)C)C(=O)O. The average molecular weight is 502 g/mol. The number of ether oxygens (including phenoxy) is 2. The van der Waals surface area contributed by atoms with E-state index in [1.807, 2.05) is 71.9 Å². The summed E-state index contributed by atoms with van der Waals surface area (Å²) in [4.78, 5) is 17.4. The summed E-state index contributed by atoms with van der Waals surface area (Å²) in [5, 5.41) is 12.7. The molecule has 6 heteroatoms. The second-order valence-corrected chi connectivity index (χ2v) is 11.1. The fourth-order valence-corrected chi connectivity index (χ4v) is 5.36. The zero-order chi connectivity index (χ0) is 26.6. The van der Waals surface area contributed by atoms with Crippen molar-refractivity contribution in [2.75, 3.05) is 6.61 Å². The molecule has 0 saturated carbocycles. The summed E-state index contributed by atoms with van der Waals surface area (Å²) in [6.45, 7) is 11.9. The van der Waals surface area contributed by atoms with Crippen molar-refractivity contribution in [3.63, 3.8) is 0 Å². The topological polar surface area (TPSA) is 68.7 Å². The van der Waals surface area contributed by atoms with E-state index in [0.717, 1.165) is 39.6 Å². The van der Waals surface area contributed by atoms with Gasteiger partial charge in [0.15, 0.2) is 6.10 Å². The summed E-state index contributed by atoms with van der Waals surface area (Å²) in [6.07, 6.45) is 1.27. The van der Waals surface area contributed by atoms with Gasteiger partial charge in [-0.3, -0.25) is 4.98 Å². The van der Waals surface area contributed by atoms with Gasteiger partial charge in [0, 0.05) is 29.1 Å². The number of hydrogen-bond acceptors (Lipinski definition) is 4. The Kier molecular flexibility index (Phi) is 6.19. The Morgan fingerprint density at radius 2 is 1.92 bits per heavy atom. The third-order valence-corrected chi connectivity index (χ3v) is 6.92. The lowest BCUT2D eigenvalue weighted by Gasteiger charge is -2.29. The molecule has 1 N–H and O–H groups in total. The molecule has 2 heterocycles. The summed E-state index contributed by atoms with van der Waals surface area (Å²) in [6, 6.07) is 11.1. The van der Waals surface area contributed by atoms with Gasteiger partial charge in [-0.05, 0) is 97.0 Å². The van der Waals surface area contributed by atoms with Crippen LogP contribution in [0.1, 0.15) is 68.9 Å². The van der Waals surface area contributed by atoms with Crippen LogP contribution in [-0.4, -0.2) is 28.3 Å². The van der Waals surface area contributed by atoms with E-state index in [1.54, 1.807) is 6.20 Å². The van der Waals surface area contributed by atoms with Crippen LogP contribution in [0, 0.1) is 12.7 Å². The van der Waals surface area contributed by atoms with Crippen LogP contribution in [-0.2, 0) is 16.0 Å². The van der Waals surface area contributed by atoms with Gasteiger partial charge in [0.2, 0.25) is 0 Å². The number of aliphatic carboxylic acids is 1. The quantitative estimate of drug-likeness (QED) is 0.307. The van der Waals surface area contributed by atoms with Crippen molar-refractivity contribution >= 4 is 27.6 Å². The molecule has 5 rings (SSSR count). The van der Waals surface area contributed by atoms with Gasteiger partial charge in [0.25, 0.3) is 0 Å². The zero-order valence-electron chi connectivity index (χ0n) is 22.1. The van der Waals surface area contributed by atoms with Gasteiger partial charge < -0.3 is 14.6 Å². The van der Waals surface area contributed by atoms with Crippen LogP contribution in [0.2, 0.25) is 0 Å². The lowest BCUT2D eigenvalue weighted by molar-refractivity contribution is -0.160. The smallest absolute Gasteiger partial charge is 0.337 e. The Balaban J connectivity index is 1.94. The summed E-state index contributed by atoms with van der Waals surface area (Å²) in [5.74, 6) is -0.665. The minimum absolute atomic E-state index is 0.00294. The molecule has 0 saturated heterocycles. The van der Waals surface area contributed by atoms with E-state index in [4.69, 9.17) is 14.5 Å². The number of fused-ring (bicyclic) bond motifs is 1. The Labute approximate surface area is 216 Å². The number of aryl methyl sites for hydroxylation is 1. The summed E-state index contributed by atoms with van der Waals surface area (Å²) in [5.41, 5.74) is 4.35. The summed E-state index contributed by atoms with van der Waals surface area (Å²) < 4.78 is 27.5. The van der Waals surface area contributed by atoms with Crippen LogP contribution >= 0.6 is 0 Å². The lowest BCUT2D eigenvalue weighted by atomic mass is 9.84. The molecule has 1 unspecified atom stereocenters. The highest BCUT2D eigenvalue weighted by molar-refractivity contribution is 6.09. The van der Waals surface area contributed by atoms with Gasteiger partial charge >= 0.3 is 5.97 Å². The van der Waals surface area contributed by atoms with E-state index in [1.165, 1.54) is 6.07 Å². The number of nitrogens with zero attached hydrogens (tertiary/aromatic N) is 1. The molecule has 3 aromatic carbocycles. The summed E-state index contributed by atoms with van der Waals surface area (Å²) in [7, 11) is 0. The Hall–Kier alpha value is -3.51. The molecule has 0 spiro atoms. The lowest BCUT2D eigenvalue weighted by Crippen LogP contribution is -2.28. The highest BCUT2D eigenvalue weighted by Crippen LogP contribution is 2.45. The highest BCUT2D eigenvalue weighted by atomic mass is 19.1. The molecule has 1 aromatic heterocycles. The van der Waals surface area contributed by atoms with Crippen LogP contribution in [0.4, 0.5) is 4.39 Å². The van der Waals surface area contributed by atoms with Crippen molar-refractivity contribution in [3.8, 4) is 16.9 Å². The number of aromatic nitrogens is 1. The maximum absolute atomic E-state index is 15.5. The van der Waals surface area contributed by atoms with Gasteiger partial charge in [-0.15, -0.1) is 0 Å². The van der Waals surface area contributed by atoms with Crippen LogP contribution in [0.5, 0.6) is 5.75 Å². The molecule has 1 aliphatic rings. The second-order valence-electron chi connectivity index (χ2n) is 11.1. The maximum atomic E-state index is 15.5. The zero-order valence-corrected chi connectivity index (χ0v) is 22.1. The van der Waals surface area contributed by atoms with Crippen molar-refractivity contribution in [2.24, 2.45) is 0 Å². The third-order valence-electron chi connectivity index (χ3n) is 6.92. The summed E-state index contributed by atoms with van der Waals surface area (Å²) >= 11 is 0. The van der Waals surface area contributed by atoms with Crippen molar-refractivity contribution < 1.29 is 23.8 Å². The Morgan fingerprint density at radius 3 is 2.59 bits per heavy atom. The van der Waals surface area contributed by atoms with Crippen molar-refractivity contribution in [2.45, 2.75) is 65.6 Å². The maximum Gasteiger partial charge on any atom is 0.337 e. The first kappa shape index (κ1) is 25.2. The molecule has 4 aromatic rings. The second kappa shape index (κ2) is 9.10. The van der Waals surface area contributed by atoms with Gasteiger partial charge in [0.1, 0.15) is 11.6 Å². The predicted octanol–water partition coefficient (Wildman–Crippen LogP) is 7.50. The number of carbonyl (C=O) groups is 1. The van der Waals surface area contributed by atoms with Gasteiger partial charge in [-0.25, -0.2) is 9.18 Å². The minimum atomic E-state index is -1.26. The first-order valence-electron chi connectivity index (χ1n) is 12.7. The number of pyridine rings is 1. The standard InChI is InChI=1S/C31H32FNO4/c1-16(2)21-14-19-13-17(3)25(29(30(34)35)37-31(4,5)6)27(22(19)15-23(21)32)20-7-8-24-26-18(10-12-36-24)9-11-33-28(20)26/h7-9,11,13-16,29H,10,12H2,1-6H3,(H,34,35). The molecule has 5 nitrogen and oxygen atoms in total. The highest BCUT2D eigenvalue weighted by Gasteiger charge is 2.33. The molecule has 0 amide bonds. The van der Waals surface area contributed by atoms with Crippen LogP contribution in [0.15, 0.2) is 42.6 Å². The number of hydrogen-bond donors (Lipinski definition) is 1. The minimum Gasteiger partial charge on any atom is -0.493 e. The number of halogens is 1. The molecule has 1 aliphatic heterocycles. The molecule has 0 radical (unpaired) electrons. The number of benzene rings is 3. The van der Waals surface area contributed by atoms with E-state index in [0.29, 0.717) is 34.2 Å². The van der Waals surface area contributed by atoms with Crippen LogP contribution < -0.4 is 4.74 Å². The molecule has 0 bridgehead atoms. The van der Waals surface area contributed by atoms with Crippen LogP contribution in [0.25, 0.3) is 32.8 Å². The molecule has 37 heavy (non-hydrogen) atoms. The first-order chi connectivity index (χ1) is 17.5. The largest absolute Gasteiger partial charge is 0.493 e. The van der Waals surface area contributed by atoms with Gasteiger partial charge in [-0.1, -0.05) is 19.9 Å².